The number of nitrogens with zero attached hydrogens (tertiary/aromatic N) is 3. The van der Waals surface area contributed by atoms with Crippen LogP contribution in [-0.2, 0) is 18.3 Å². The van der Waals surface area contributed by atoms with E-state index in [2.05, 4.69) is 10.4 Å². The van der Waals surface area contributed by atoms with Gasteiger partial charge in [-0.15, -0.1) is 0 Å². The predicted octanol–water partition coefficient (Wildman–Crippen LogP) is 4.45. The summed E-state index contributed by atoms with van der Waals surface area (Å²) in [4.78, 5) is 25.9. The highest BCUT2D eigenvalue weighted by molar-refractivity contribution is 5.92. The molecule has 1 amide bonds. The lowest BCUT2D eigenvalue weighted by Crippen LogP contribution is -2.25. The van der Waals surface area contributed by atoms with Gasteiger partial charge in [0.2, 0.25) is 5.91 Å². The number of para-hydroxylation sites is 2. The number of pyridine rings is 1. The normalized spacial score (nSPS) is 11.1. The molecule has 0 spiro atoms. The van der Waals surface area contributed by atoms with E-state index < -0.39 is 0 Å². The fraction of sp³-hybridized carbons (Fsp3) is 0.269. The highest BCUT2D eigenvalue weighted by atomic mass is 19.1. The van der Waals surface area contributed by atoms with Crippen molar-refractivity contribution < 1.29 is 13.9 Å². The Labute approximate surface area is 196 Å². The number of rotatable bonds is 7. The fourth-order valence-corrected chi connectivity index (χ4v) is 4.26. The first kappa shape index (κ1) is 23.2. The topological polar surface area (TPSA) is 78.2 Å². The number of amides is 1. The monoisotopic (exact) mass is 462 g/mol. The maximum Gasteiger partial charge on any atom is 0.255 e. The number of hydrogen-bond donors (Lipinski definition) is 1. The minimum atomic E-state index is -0.380. The van der Waals surface area contributed by atoms with Crippen molar-refractivity contribution in [3.05, 3.63) is 81.5 Å². The lowest BCUT2D eigenvalue weighted by Gasteiger charge is -2.13. The molecular weight excluding hydrogens is 435 g/mol. The first-order valence-corrected chi connectivity index (χ1v) is 11.2. The number of hydrogen-bond acceptors (Lipinski definition) is 4. The predicted molar refractivity (Wildman–Crippen MR) is 130 cm³/mol. The third-order valence-corrected chi connectivity index (χ3v) is 5.86. The Balaban J connectivity index is 1.65. The number of fused-ring (bicyclic) bond motifs is 1. The van der Waals surface area contributed by atoms with Crippen LogP contribution in [0.15, 0.2) is 53.3 Å². The molecule has 0 saturated carbocycles. The molecule has 0 aliphatic rings. The van der Waals surface area contributed by atoms with Gasteiger partial charge in [0, 0.05) is 24.4 Å². The van der Waals surface area contributed by atoms with Crippen LogP contribution in [0.1, 0.15) is 30.2 Å². The summed E-state index contributed by atoms with van der Waals surface area (Å²) < 4.78 is 22.5. The number of carbonyl (C=O) groups is 1. The number of aromatic nitrogens is 3. The third-order valence-electron chi connectivity index (χ3n) is 5.86. The van der Waals surface area contributed by atoms with Gasteiger partial charge < -0.3 is 10.1 Å². The van der Waals surface area contributed by atoms with Gasteiger partial charge in [0.1, 0.15) is 17.2 Å². The van der Waals surface area contributed by atoms with Gasteiger partial charge in [-0.1, -0.05) is 18.2 Å². The Morgan fingerprint density at radius 2 is 1.91 bits per heavy atom. The Morgan fingerprint density at radius 1 is 1.15 bits per heavy atom. The van der Waals surface area contributed by atoms with Crippen LogP contribution in [0.3, 0.4) is 0 Å². The molecule has 2 aromatic heterocycles. The molecule has 7 nitrogen and oxygen atoms in total. The molecule has 0 unspecified atom stereocenters. The van der Waals surface area contributed by atoms with Crippen molar-refractivity contribution in [2.45, 2.75) is 33.6 Å². The summed E-state index contributed by atoms with van der Waals surface area (Å²) in [5, 5.41) is 8.28. The summed E-state index contributed by atoms with van der Waals surface area (Å²) in [6, 6.07) is 13.3. The molecule has 8 heteroatoms. The molecular formula is C26H27FN4O3. The Morgan fingerprint density at radius 3 is 2.65 bits per heavy atom. The Kier molecular flexibility index (Phi) is 6.49. The lowest BCUT2D eigenvalue weighted by atomic mass is 10.0. The second-order valence-electron chi connectivity index (χ2n) is 8.12. The number of nitrogens with one attached hydrogen (secondary N) is 1. The number of anilines is 1. The van der Waals surface area contributed by atoms with Crippen LogP contribution < -0.4 is 15.6 Å². The molecule has 176 valence electrons. The van der Waals surface area contributed by atoms with Crippen LogP contribution in [-0.4, -0.2) is 26.9 Å². The van der Waals surface area contributed by atoms with Crippen LogP contribution in [0.2, 0.25) is 0 Å². The summed E-state index contributed by atoms with van der Waals surface area (Å²) in [7, 11) is 1.67. The van der Waals surface area contributed by atoms with Crippen LogP contribution in [0.25, 0.3) is 16.7 Å². The summed E-state index contributed by atoms with van der Waals surface area (Å²) in [5.74, 6) is 0.0159. The van der Waals surface area contributed by atoms with Crippen molar-refractivity contribution in [2.75, 3.05) is 11.9 Å². The van der Waals surface area contributed by atoms with Crippen LogP contribution in [0, 0.1) is 19.7 Å². The molecule has 2 aromatic carbocycles. The van der Waals surface area contributed by atoms with Gasteiger partial charge in [0.15, 0.2) is 0 Å². The van der Waals surface area contributed by atoms with Crippen molar-refractivity contribution in [1.82, 2.24) is 14.3 Å². The quantitative estimate of drug-likeness (QED) is 0.440. The van der Waals surface area contributed by atoms with E-state index in [1.807, 2.05) is 32.9 Å². The first-order valence-electron chi connectivity index (χ1n) is 11.2. The molecule has 4 rings (SSSR count). The standard InChI is InChI=1S/C26H27FN4O3/c1-5-34-22-12-7-6-11-21(22)28-23(32)14-13-20-16(2)24-17(3)29-31(25(24)30(4)26(20)33)19-10-8-9-18(27)15-19/h6-12,15H,5,13-14H2,1-4H3,(H,28,32). The molecule has 0 bridgehead atoms. The number of ether oxygens (including phenoxy) is 1. The number of benzene rings is 2. The SMILES string of the molecule is CCOc1ccccc1NC(=O)CCc1c(C)c2c(C)nn(-c3cccc(F)c3)c2n(C)c1=O. The summed E-state index contributed by atoms with van der Waals surface area (Å²) in [6.07, 6.45) is 0.417. The van der Waals surface area contributed by atoms with Gasteiger partial charge in [-0.2, -0.15) is 5.10 Å². The van der Waals surface area contributed by atoms with Gasteiger partial charge in [-0.3, -0.25) is 14.2 Å². The molecule has 34 heavy (non-hydrogen) atoms. The number of halogens is 1. The number of aryl methyl sites for hydroxylation is 3. The molecule has 4 aromatic rings. The van der Waals surface area contributed by atoms with Crippen molar-refractivity contribution in [2.24, 2.45) is 7.05 Å². The average molecular weight is 463 g/mol. The molecule has 0 atom stereocenters. The third kappa shape index (κ3) is 4.31. The van der Waals surface area contributed by atoms with Gasteiger partial charge in [-0.25, -0.2) is 9.07 Å². The lowest BCUT2D eigenvalue weighted by molar-refractivity contribution is -0.116. The van der Waals surface area contributed by atoms with Crippen molar-refractivity contribution in [3.8, 4) is 11.4 Å². The molecule has 2 heterocycles. The van der Waals surface area contributed by atoms with E-state index in [1.54, 1.807) is 36.0 Å². The molecule has 0 aliphatic heterocycles. The highest BCUT2D eigenvalue weighted by Crippen LogP contribution is 2.27. The second-order valence-corrected chi connectivity index (χ2v) is 8.12. The molecule has 0 aliphatic carbocycles. The van der Waals surface area contributed by atoms with E-state index in [0.29, 0.717) is 34.9 Å². The second kappa shape index (κ2) is 9.51. The zero-order chi connectivity index (χ0) is 24.4. The van der Waals surface area contributed by atoms with E-state index in [9.17, 15) is 14.0 Å². The Hall–Kier alpha value is -3.94. The smallest absolute Gasteiger partial charge is 0.255 e. The van der Waals surface area contributed by atoms with Gasteiger partial charge in [-0.05, 0) is 63.1 Å². The summed E-state index contributed by atoms with van der Waals surface area (Å²) >= 11 is 0. The van der Waals surface area contributed by atoms with Gasteiger partial charge >= 0.3 is 0 Å². The van der Waals surface area contributed by atoms with Crippen molar-refractivity contribution >= 4 is 22.6 Å². The average Bonchev–Trinajstić information content (AvgIpc) is 3.16. The largest absolute Gasteiger partial charge is 0.492 e. The number of carbonyl (C=O) groups excluding carboxylic acids is 1. The van der Waals surface area contributed by atoms with Crippen LogP contribution >= 0.6 is 0 Å². The molecule has 0 saturated heterocycles. The van der Waals surface area contributed by atoms with Crippen LogP contribution in [0.5, 0.6) is 5.75 Å². The van der Waals surface area contributed by atoms with E-state index in [0.717, 1.165) is 16.6 Å². The molecule has 1 N–H and O–H groups in total. The maximum absolute atomic E-state index is 13.8. The minimum Gasteiger partial charge on any atom is -0.492 e. The van der Waals surface area contributed by atoms with E-state index in [-0.39, 0.29) is 30.1 Å². The Bertz CT molecular complexity index is 1440. The van der Waals surface area contributed by atoms with E-state index >= 15 is 0 Å². The first-order chi connectivity index (χ1) is 16.3. The maximum atomic E-state index is 13.8. The van der Waals surface area contributed by atoms with Gasteiger partial charge in [0.25, 0.3) is 5.56 Å². The zero-order valence-corrected chi connectivity index (χ0v) is 19.7. The van der Waals surface area contributed by atoms with Crippen LogP contribution in [0.4, 0.5) is 10.1 Å². The van der Waals surface area contributed by atoms with E-state index in [1.165, 1.54) is 16.7 Å². The zero-order valence-electron chi connectivity index (χ0n) is 19.7. The molecule has 0 radical (unpaired) electrons. The molecule has 0 fully saturated rings. The van der Waals surface area contributed by atoms with Gasteiger partial charge in [0.05, 0.1) is 23.7 Å². The highest BCUT2D eigenvalue weighted by Gasteiger charge is 2.20. The van der Waals surface area contributed by atoms with Crippen molar-refractivity contribution in [1.29, 1.82) is 0 Å². The fourth-order valence-electron chi connectivity index (χ4n) is 4.26. The van der Waals surface area contributed by atoms with Crippen molar-refractivity contribution in [3.63, 3.8) is 0 Å². The summed E-state index contributed by atoms with van der Waals surface area (Å²) in [6.45, 7) is 6.10. The minimum absolute atomic E-state index is 0.138. The van der Waals surface area contributed by atoms with E-state index in [4.69, 9.17) is 4.74 Å². The summed E-state index contributed by atoms with van der Waals surface area (Å²) in [5.41, 5.74) is 3.58.